The summed E-state index contributed by atoms with van der Waals surface area (Å²) < 4.78 is 20.1. The van der Waals surface area contributed by atoms with Gasteiger partial charge in [0, 0.05) is 5.56 Å². The molecular weight excluding hydrogens is 405 g/mol. The van der Waals surface area contributed by atoms with Gasteiger partial charge in [-0.15, -0.1) is 0 Å². The van der Waals surface area contributed by atoms with Crippen molar-refractivity contribution in [2.24, 2.45) is 4.99 Å². The first-order valence-corrected chi connectivity index (χ1v) is 10.4. The first-order valence-electron chi connectivity index (χ1n) is 10.4. The molecule has 1 heterocycles. The van der Waals surface area contributed by atoms with Crippen molar-refractivity contribution in [3.8, 4) is 22.7 Å². The summed E-state index contributed by atoms with van der Waals surface area (Å²) in [6, 6.07) is 21.2. The number of benzene rings is 3. The van der Waals surface area contributed by atoms with Gasteiger partial charge in [-0.2, -0.15) is 0 Å². The first-order chi connectivity index (χ1) is 15.5. The van der Waals surface area contributed by atoms with Crippen LogP contribution in [0.4, 0.5) is 10.1 Å². The highest BCUT2D eigenvalue weighted by molar-refractivity contribution is 6.04. The van der Waals surface area contributed by atoms with E-state index in [1.165, 1.54) is 22.4 Å². The van der Waals surface area contributed by atoms with Crippen LogP contribution in [0.2, 0.25) is 0 Å². The highest BCUT2D eigenvalue weighted by Crippen LogP contribution is 2.25. The summed E-state index contributed by atoms with van der Waals surface area (Å²) in [7, 11) is 1.61. The first kappa shape index (κ1) is 21.3. The monoisotopic (exact) mass is 429 g/mol. The Bertz CT molecular complexity index is 1300. The third-order valence-corrected chi connectivity index (χ3v) is 5.36. The number of halogens is 1. The average molecular weight is 429 g/mol. The zero-order valence-corrected chi connectivity index (χ0v) is 18.2. The molecule has 6 heteroatoms. The molecule has 0 saturated carbocycles. The lowest BCUT2D eigenvalue weighted by molar-refractivity contribution is 0.415. The fourth-order valence-electron chi connectivity index (χ4n) is 3.57. The quantitative estimate of drug-likeness (QED) is 0.401. The largest absolute Gasteiger partial charge is 0.497 e. The number of nitrogens with one attached hydrogen (secondary N) is 1. The van der Waals surface area contributed by atoms with Gasteiger partial charge < -0.3 is 4.74 Å². The lowest BCUT2D eigenvalue weighted by Crippen LogP contribution is -2.19. The average Bonchev–Trinajstić information content (AvgIpc) is 3.17. The van der Waals surface area contributed by atoms with Gasteiger partial charge in [-0.3, -0.25) is 14.9 Å². The summed E-state index contributed by atoms with van der Waals surface area (Å²) in [5.41, 5.74) is 4.77. The fourth-order valence-corrected chi connectivity index (χ4v) is 3.57. The van der Waals surface area contributed by atoms with Gasteiger partial charge in [-0.25, -0.2) is 9.07 Å². The van der Waals surface area contributed by atoms with Crippen LogP contribution in [0.15, 0.2) is 82.6 Å². The van der Waals surface area contributed by atoms with Crippen LogP contribution in [0.1, 0.15) is 25.0 Å². The molecule has 0 aliphatic rings. The van der Waals surface area contributed by atoms with E-state index < -0.39 is 0 Å². The number of aromatic amines is 1. The smallest absolute Gasteiger partial charge is 0.280 e. The third-order valence-electron chi connectivity index (χ3n) is 5.36. The van der Waals surface area contributed by atoms with Gasteiger partial charge in [0.2, 0.25) is 0 Å². The minimum atomic E-state index is -0.364. The second-order valence-electron chi connectivity index (χ2n) is 7.42. The zero-order valence-electron chi connectivity index (χ0n) is 18.2. The summed E-state index contributed by atoms with van der Waals surface area (Å²) in [6.45, 7) is 3.92. The van der Waals surface area contributed by atoms with Crippen LogP contribution in [0.25, 0.3) is 16.9 Å². The highest BCUT2D eigenvalue weighted by Gasteiger charge is 2.19. The maximum absolute atomic E-state index is 13.4. The number of aliphatic imine (C=N–C) groups is 1. The van der Waals surface area contributed by atoms with Gasteiger partial charge in [0.1, 0.15) is 11.6 Å². The van der Waals surface area contributed by atoms with E-state index in [9.17, 15) is 9.18 Å². The van der Waals surface area contributed by atoms with E-state index in [0.717, 1.165) is 23.4 Å². The predicted octanol–water partition coefficient (Wildman–Crippen LogP) is 5.68. The van der Waals surface area contributed by atoms with Crippen LogP contribution in [-0.2, 0) is 6.42 Å². The van der Waals surface area contributed by atoms with E-state index in [0.29, 0.717) is 22.7 Å². The molecule has 0 amide bonds. The summed E-state index contributed by atoms with van der Waals surface area (Å²) in [5.74, 6) is 0.356. The number of H-pyrrole nitrogens is 1. The summed E-state index contributed by atoms with van der Waals surface area (Å²) >= 11 is 0. The van der Waals surface area contributed by atoms with E-state index in [1.54, 1.807) is 19.2 Å². The normalized spacial score (nSPS) is 11.6. The van der Waals surface area contributed by atoms with Crippen molar-refractivity contribution in [3.05, 3.63) is 100 Å². The topological polar surface area (TPSA) is 59.4 Å². The maximum Gasteiger partial charge on any atom is 0.280 e. The Kier molecular flexibility index (Phi) is 6.03. The number of rotatable bonds is 6. The molecule has 0 aliphatic heterocycles. The summed E-state index contributed by atoms with van der Waals surface area (Å²) in [6.07, 6.45) is 0.949. The van der Waals surface area contributed by atoms with Crippen LogP contribution in [-0.4, -0.2) is 22.6 Å². The fraction of sp³-hybridized carbons (Fsp3) is 0.154. The van der Waals surface area contributed by atoms with E-state index in [4.69, 9.17) is 9.73 Å². The molecule has 0 saturated heterocycles. The van der Waals surface area contributed by atoms with Gasteiger partial charge in [0.05, 0.1) is 35.5 Å². The molecule has 0 atom stereocenters. The van der Waals surface area contributed by atoms with Crippen LogP contribution in [0.5, 0.6) is 5.75 Å². The molecule has 3 aromatic carbocycles. The van der Waals surface area contributed by atoms with Gasteiger partial charge in [0.25, 0.3) is 5.56 Å². The lowest BCUT2D eigenvalue weighted by atomic mass is 10.0. The highest BCUT2D eigenvalue weighted by atomic mass is 19.1. The molecule has 1 aromatic heterocycles. The number of hydrogen-bond acceptors (Lipinski definition) is 3. The maximum atomic E-state index is 13.4. The molecule has 1 N–H and O–H groups in total. The Morgan fingerprint density at radius 1 is 1.00 bits per heavy atom. The molecule has 4 aromatic rings. The molecule has 0 aliphatic carbocycles. The predicted molar refractivity (Wildman–Crippen MR) is 126 cm³/mol. The van der Waals surface area contributed by atoms with Crippen LogP contribution in [0, 0.1) is 5.82 Å². The zero-order chi connectivity index (χ0) is 22.7. The SMILES string of the molecule is CCc1ccc(N=C(C)c2c(-c3ccc(OC)cc3)[nH]n(-c3ccc(F)cc3)c2=O)cc1. The molecular formula is C26H24FN3O2. The number of hydrogen-bond donors (Lipinski definition) is 1. The van der Waals surface area contributed by atoms with Gasteiger partial charge in [0.15, 0.2) is 0 Å². The Hall–Kier alpha value is -3.93. The Morgan fingerprint density at radius 3 is 2.25 bits per heavy atom. The lowest BCUT2D eigenvalue weighted by Gasteiger charge is -2.05. The van der Waals surface area contributed by atoms with Crippen LogP contribution >= 0.6 is 0 Å². The van der Waals surface area contributed by atoms with Crippen molar-refractivity contribution in [3.63, 3.8) is 0 Å². The minimum absolute atomic E-state index is 0.256. The second-order valence-corrected chi connectivity index (χ2v) is 7.42. The Balaban J connectivity index is 1.87. The molecule has 4 rings (SSSR count). The number of methoxy groups -OCH3 is 1. The molecule has 0 fully saturated rings. The van der Waals surface area contributed by atoms with E-state index >= 15 is 0 Å². The molecule has 5 nitrogen and oxygen atoms in total. The van der Waals surface area contributed by atoms with Crippen LogP contribution in [0.3, 0.4) is 0 Å². The molecule has 162 valence electrons. The minimum Gasteiger partial charge on any atom is -0.497 e. The van der Waals surface area contributed by atoms with Crippen molar-refractivity contribution in [2.45, 2.75) is 20.3 Å². The van der Waals surface area contributed by atoms with E-state index in [2.05, 4.69) is 12.0 Å². The van der Waals surface area contributed by atoms with Crippen LogP contribution < -0.4 is 10.3 Å². The Labute approximate surface area is 185 Å². The molecule has 32 heavy (non-hydrogen) atoms. The summed E-state index contributed by atoms with van der Waals surface area (Å²) in [4.78, 5) is 18.1. The van der Waals surface area contributed by atoms with Crippen molar-refractivity contribution < 1.29 is 9.13 Å². The molecule has 0 spiro atoms. The second kappa shape index (κ2) is 9.06. The molecule has 0 radical (unpaired) electrons. The summed E-state index contributed by atoms with van der Waals surface area (Å²) in [5, 5.41) is 3.18. The number of nitrogens with zero attached hydrogens (tertiary/aromatic N) is 2. The van der Waals surface area contributed by atoms with Crippen molar-refractivity contribution in [1.29, 1.82) is 0 Å². The van der Waals surface area contributed by atoms with Gasteiger partial charge in [-0.1, -0.05) is 19.1 Å². The van der Waals surface area contributed by atoms with Crippen molar-refractivity contribution >= 4 is 11.4 Å². The van der Waals surface area contributed by atoms with Gasteiger partial charge >= 0.3 is 0 Å². The van der Waals surface area contributed by atoms with Crippen molar-refractivity contribution in [1.82, 2.24) is 9.78 Å². The third kappa shape index (κ3) is 4.25. The molecule has 0 bridgehead atoms. The number of aryl methyl sites for hydroxylation is 1. The van der Waals surface area contributed by atoms with Crippen molar-refractivity contribution in [2.75, 3.05) is 7.11 Å². The van der Waals surface area contributed by atoms with E-state index in [1.807, 2.05) is 55.5 Å². The standard InChI is InChI=1S/C26H24FN3O2/c1-4-18-5-11-21(12-6-18)28-17(2)24-25(19-7-15-23(32-3)16-8-19)29-30(26(24)31)22-13-9-20(27)10-14-22/h5-16,29H,4H2,1-3H3. The Morgan fingerprint density at radius 2 is 1.66 bits per heavy atom. The number of aromatic nitrogens is 2. The number of ether oxygens (including phenoxy) is 1. The molecule has 0 unspecified atom stereocenters. The van der Waals surface area contributed by atoms with Gasteiger partial charge in [-0.05, 0) is 79.6 Å². The van der Waals surface area contributed by atoms with E-state index in [-0.39, 0.29) is 11.4 Å².